The first-order valence-corrected chi connectivity index (χ1v) is 10.9. The fraction of sp³-hybridized carbons (Fsp3) is 0.0769. The fourth-order valence-electron chi connectivity index (χ4n) is 4.00. The molecule has 6 aromatic rings. The van der Waals surface area contributed by atoms with Gasteiger partial charge in [-0.15, -0.1) is 0 Å². The van der Waals surface area contributed by atoms with Gasteiger partial charge in [-0.25, -0.2) is 19.9 Å². The van der Waals surface area contributed by atoms with Crippen LogP contribution in [0.4, 0.5) is 5.82 Å². The number of methoxy groups -OCH3 is 1. The average molecular weight is 448 g/mol. The maximum Gasteiger partial charge on any atom is 0.140 e. The first-order valence-electron chi connectivity index (χ1n) is 10.9. The summed E-state index contributed by atoms with van der Waals surface area (Å²) in [6, 6.07) is 22.3. The first-order chi connectivity index (χ1) is 16.8. The number of imidazole rings is 2. The van der Waals surface area contributed by atoms with Crippen molar-refractivity contribution >= 4 is 22.5 Å². The average Bonchev–Trinajstić information content (AvgIpc) is 3.52. The molecule has 8 heteroatoms. The van der Waals surface area contributed by atoms with Gasteiger partial charge in [0.2, 0.25) is 0 Å². The highest BCUT2D eigenvalue weighted by atomic mass is 16.5. The number of nitrogens with one attached hydrogen (secondary N) is 1. The number of para-hydroxylation sites is 2. The number of fused-ring (bicyclic) bond motifs is 2. The molecule has 0 aliphatic carbocycles. The monoisotopic (exact) mass is 447 g/mol. The number of hydrogen-bond donors (Lipinski definition) is 1. The zero-order valence-corrected chi connectivity index (χ0v) is 18.5. The number of benzene rings is 2. The Morgan fingerprint density at radius 2 is 1.79 bits per heavy atom. The molecule has 6 rings (SSSR count). The van der Waals surface area contributed by atoms with Crippen molar-refractivity contribution in [3.63, 3.8) is 0 Å². The van der Waals surface area contributed by atoms with Crippen molar-refractivity contribution in [1.82, 2.24) is 28.9 Å². The van der Waals surface area contributed by atoms with E-state index in [9.17, 15) is 0 Å². The fourth-order valence-corrected chi connectivity index (χ4v) is 4.00. The molecular formula is C26H21N7O. The molecule has 0 spiro atoms. The number of anilines is 1. The lowest BCUT2D eigenvalue weighted by Gasteiger charge is -2.09. The third-order valence-corrected chi connectivity index (χ3v) is 5.79. The van der Waals surface area contributed by atoms with Crippen LogP contribution in [0.1, 0.15) is 5.56 Å². The first kappa shape index (κ1) is 19.9. The van der Waals surface area contributed by atoms with E-state index < -0.39 is 0 Å². The highest BCUT2D eigenvalue weighted by molar-refractivity contribution is 5.77. The van der Waals surface area contributed by atoms with E-state index in [0.29, 0.717) is 6.54 Å². The lowest BCUT2D eigenvalue weighted by Crippen LogP contribution is -2.03. The second kappa shape index (κ2) is 8.32. The summed E-state index contributed by atoms with van der Waals surface area (Å²) in [4.78, 5) is 17.8. The quantitative estimate of drug-likeness (QED) is 0.397. The van der Waals surface area contributed by atoms with Crippen LogP contribution < -0.4 is 10.1 Å². The summed E-state index contributed by atoms with van der Waals surface area (Å²) in [6.07, 6.45) is 7.15. The highest BCUT2D eigenvalue weighted by Gasteiger charge is 2.10. The van der Waals surface area contributed by atoms with E-state index in [1.54, 1.807) is 19.6 Å². The lowest BCUT2D eigenvalue weighted by atomic mass is 10.2. The molecule has 0 saturated carbocycles. The van der Waals surface area contributed by atoms with Gasteiger partial charge in [-0.05, 0) is 35.9 Å². The van der Waals surface area contributed by atoms with Crippen LogP contribution in [-0.2, 0) is 6.54 Å². The molecule has 4 aromatic heterocycles. The molecule has 0 amide bonds. The largest absolute Gasteiger partial charge is 0.497 e. The Morgan fingerprint density at radius 3 is 2.68 bits per heavy atom. The summed E-state index contributed by atoms with van der Waals surface area (Å²) >= 11 is 0. The molecular weight excluding hydrogens is 426 g/mol. The van der Waals surface area contributed by atoms with Crippen LogP contribution in [0.3, 0.4) is 0 Å². The van der Waals surface area contributed by atoms with Gasteiger partial charge in [-0.3, -0.25) is 8.97 Å². The van der Waals surface area contributed by atoms with Gasteiger partial charge in [-0.1, -0.05) is 24.3 Å². The number of pyridine rings is 1. The minimum absolute atomic E-state index is 0.645. The van der Waals surface area contributed by atoms with E-state index in [1.165, 1.54) is 0 Å². The van der Waals surface area contributed by atoms with E-state index in [-0.39, 0.29) is 0 Å². The predicted octanol–water partition coefficient (Wildman–Crippen LogP) is 4.75. The third-order valence-electron chi connectivity index (χ3n) is 5.79. The highest BCUT2D eigenvalue weighted by Crippen LogP contribution is 2.23. The molecule has 2 aromatic carbocycles. The van der Waals surface area contributed by atoms with Crippen LogP contribution in [0.5, 0.6) is 5.75 Å². The Morgan fingerprint density at radius 1 is 0.912 bits per heavy atom. The molecule has 4 heterocycles. The molecule has 0 radical (unpaired) electrons. The van der Waals surface area contributed by atoms with Crippen molar-refractivity contribution in [3.8, 4) is 22.8 Å². The van der Waals surface area contributed by atoms with Crippen LogP contribution in [0.2, 0.25) is 0 Å². The SMILES string of the molecule is COc1ccn2c(-c3cc(NCc4ccc(-n5cnc6ccccc65)cc4)ncn3)cnc2c1. The van der Waals surface area contributed by atoms with E-state index in [2.05, 4.69) is 60.2 Å². The maximum absolute atomic E-state index is 5.28. The molecule has 166 valence electrons. The van der Waals surface area contributed by atoms with Gasteiger partial charge >= 0.3 is 0 Å². The predicted molar refractivity (Wildman–Crippen MR) is 131 cm³/mol. The minimum atomic E-state index is 0.645. The Labute approximate surface area is 195 Å². The van der Waals surface area contributed by atoms with E-state index in [4.69, 9.17) is 4.74 Å². The van der Waals surface area contributed by atoms with Crippen molar-refractivity contribution < 1.29 is 4.74 Å². The number of nitrogens with zero attached hydrogens (tertiary/aromatic N) is 6. The summed E-state index contributed by atoms with van der Waals surface area (Å²) in [5.41, 5.74) is 6.78. The van der Waals surface area contributed by atoms with Gasteiger partial charge in [0, 0.05) is 30.6 Å². The summed E-state index contributed by atoms with van der Waals surface area (Å²) in [5.74, 6) is 1.51. The van der Waals surface area contributed by atoms with Crippen LogP contribution in [-0.4, -0.2) is 36.0 Å². The van der Waals surface area contributed by atoms with Gasteiger partial charge in [-0.2, -0.15) is 0 Å². The standard InChI is InChI=1S/C26H21N7O/c1-34-20-10-11-32-24(15-28-26(32)12-20)22-13-25(30-16-29-22)27-14-18-6-8-19(9-7-18)33-17-31-21-4-2-3-5-23(21)33/h2-13,15-17H,14H2,1H3,(H,27,29,30). The van der Waals surface area contributed by atoms with Crippen molar-refractivity contribution in [1.29, 1.82) is 0 Å². The normalized spacial score (nSPS) is 11.2. The van der Waals surface area contributed by atoms with Gasteiger partial charge in [0.25, 0.3) is 0 Å². The van der Waals surface area contributed by atoms with Crippen LogP contribution in [0, 0.1) is 0 Å². The smallest absolute Gasteiger partial charge is 0.140 e. The molecule has 0 aliphatic rings. The summed E-state index contributed by atoms with van der Waals surface area (Å²) in [7, 11) is 1.64. The Balaban J connectivity index is 1.19. The molecule has 0 aliphatic heterocycles. The molecule has 0 atom stereocenters. The molecule has 8 nitrogen and oxygen atoms in total. The summed E-state index contributed by atoms with van der Waals surface area (Å²) in [6.45, 7) is 0.645. The molecule has 0 unspecified atom stereocenters. The molecule has 1 N–H and O–H groups in total. The lowest BCUT2D eigenvalue weighted by molar-refractivity contribution is 0.414. The second-order valence-corrected chi connectivity index (χ2v) is 7.85. The molecule has 0 bridgehead atoms. The number of rotatable bonds is 6. The third kappa shape index (κ3) is 3.61. The van der Waals surface area contributed by atoms with Gasteiger partial charge in [0.1, 0.15) is 29.9 Å². The second-order valence-electron chi connectivity index (χ2n) is 7.85. The Bertz CT molecular complexity index is 1600. The number of ether oxygens (including phenoxy) is 1. The van der Waals surface area contributed by atoms with Crippen molar-refractivity contribution in [2.45, 2.75) is 6.54 Å². The van der Waals surface area contributed by atoms with Crippen LogP contribution in [0.15, 0.2) is 91.8 Å². The Kier molecular flexibility index (Phi) is 4.88. The zero-order chi connectivity index (χ0) is 22.9. The van der Waals surface area contributed by atoms with E-state index >= 15 is 0 Å². The molecule has 0 saturated heterocycles. The van der Waals surface area contributed by atoms with Crippen LogP contribution in [0.25, 0.3) is 33.8 Å². The van der Waals surface area contributed by atoms with Crippen LogP contribution >= 0.6 is 0 Å². The number of hydrogen-bond acceptors (Lipinski definition) is 6. The molecule has 34 heavy (non-hydrogen) atoms. The van der Waals surface area contributed by atoms with Crippen molar-refractivity contribution in [3.05, 3.63) is 97.3 Å². The summed E-state index contributed by atoms with van der Waals surface area (Å²) < 4.78 is 9.36. The minimum Gasteiger partial charge on any atom is -0.497 e. The van der Waals surface area contributed by atoms with E-state index in [1.807, 2.05) is 53.3 Å². The zero-order valence-electron chi connectivity index (χ0n) is 18.5. The van der Waals surface area contributed by atoms with Gasteiger partial charge in [0.15, 0.2) is 0 Å². The molecule has 0 fully saturated rings. The number of aromatic nitrogens is 6. The summed E-state index contributed by atoms with van der Waals surface area (Å²) in [5, 5.41) is 3.39. The van der Waals surface area contributed by atoms with Gasteiger partial charge < -0.3 is 10.1 Å². The Hall–Kier alpha value is -4.72. The maximum atomic E-state index is 5.28. The van der Waals surface area contributed by atoms with Crippen molar-refractivity contribution in [2.75, 3.05) is 12.4 Å². The van der Waals surface area contributed by atoms with E-state index in [0.717, 1.165) is 50.9 Å². The topological polar surface area (TPSA) is 82.2 Å². The van der Waals surface area contributed by atoms with Gasteiger partial charge in [0.05, 0.1) is 35.7 Å². The van der Waals surface area contributed by atoms with Crippen molar-refractivity contribution in [2.24, 2.45) is 0 Å².